The number of rotatable bonds is 6. The Morgan fingerprint density at radius 3 is 2.48 bits per heavy atom. The fourth-order valence-corrected chi connectivity index (χ4v) is 2.94. The predicted octanol–water partition coefficient (Wildman–Crippen LogP) is 4.72. The van der Waals surface area contributed by atoms with E-state index in [0.717, 1.165) is 31.4 Å². The second-order valence-electron chi connectivity index (χ2n) is 6.17. The molecule has 3 rings (SSSR count). The van der Waals surface area contributed by atoms with Gasteiger partial charge in [0.05, 0.1) is 11.0 Å². The average Bonchev–Trinajstić information content (AvgIpc) is 2.90. The van der Waals surface area contributed by atoms with Crippen molar-refractivity contribution in [1.82, 2.24) is 9.55 Å². The Bertz CT molecular complexity index is 785. The number of nitrogens with zero attached hydrogens (tertiary/aromatic N) is 2. The van der Waals surface area contributed by atoms with E-state index in [4.69, 9.17) is 4.98 Å². The van der Waals surface area contributed by atoms with Crippen molar-refractivity contribution in [2.45, 2.75) is 40.2 Å². The van der Waals surface area contributed by atoms with Gasteiger partial charge in [-0.15, -0.1) is 0 Å². The van der Waals surface area contributed by atoms with E-state index in [1.165, 1.54) is 28.2 Å². The number of fused-ring (bicyclic) bond motifs is 1. The Balaban J connectivity index is 1.66. The van der Waals surface area contributed by atoms with Crippen LogP contribution in [0.4, 0.5) is 5.69 Å². The van der Waals surface area contributed by atoms with Gasteiger partial charge in [0.25, 0.3) is 0 Å². The molecule has 0 unspecified atom stereocenters. The lowest BCUT2D eigenvalue weighted by Crippen LogP contribution is -2.09. The van der Waals surface area contributed by atoms with Gasteiger partial charge in [-0.2, -0.15) is 0 Å². The van der Waals surface area contributed by atoms with Gasteiger partial charge in [-0.25, -0.2) is 4.98 Å². The summed E-state index contributed by atoms with van der Waals surface area (Å²) in [6.45, 7) is 8.40. The van der Waals surface area contributed by atoms with Gasteiger partial charge in [-0.1, -0.05) is 30.7 Å². The third kappa shape index (κ3) is 3.55. The monoisotopic (exact) mass is 307 g/mol. The molecule has 0 saturated heterocycles. The highest BCUT2D eigenvalue weighted by Gasteiger charge is 2.09. The third-order valence-electron chi connectivity index (χ3n) is 4.24. The smallest absolute Gasteiger partial charge is 0.109 e. The van der Waals surface area contributed by atoms with E-state index in [0.29, 0.717) is 0 Å². The molecule has 0 atom stereocenters. The van der Waals surface area contributed by atoms with E-state index < -0.39 is 0 Å². The van der Waals surface area contributed by atoms with Crippen molar-refractivity contribution < 1.29 is 0 Å². The van der Waals surface area contributed by atoms with Gasteiger partial charge in [-0.05, 0) is 50.1 Å². The van der Waals surface area contributed by atoms with Gasteiger partial charge in [0.2, 0.25) is 0 Å². The summed E-state index contributed by atoms with van der Waals surface area (Å²) in [4.78, 5) is 4.76. The summed E-state index contributed by atoms with van der Waals surface area (Å²) in [5.41, 5.74) is 6.15. The minimum atomic E-state index is 0.970. The van der Waals surface area contributed by atoms with Crippen LogP contribution in [0.1, 0.15) is 30.3 Å². The molecule has 0 radical (unpaired) electrons. The molecule has 0 bridgehead atoms. The highest BCUT2D eigenvalue weighted by atomic mass is 15.1. The first-order chi connectivity index (χ1) is 11.2. The quantitative estimate of drug-likeness (QED) is 0.668. The fourth-order valence-electron chi connectivity index (χ4n) is 2.94. The SMILES string of the molecule is CCc1nc2ccc(C)cc2n1CCCNc1ccc(C)cc1. The highest BCUT2D eigenvalue weighted by Crippen LogP contribution is 2.19. The van der Waals surface area contributed by atoms with Crippen LogP contribution in [0.25, 0.3) is 11.0 Å². The molecule has 0 spiro atoms. The van der Waals surface area contributed by atoms with Crippen molar-refractivity contribution in [3.63, 3.8) is 0 Å². The minimum absolute atomic E-state index is 0.970. The van der Waals surface area contributed by atoms with Crippen LogP contribution in [-0.2, 0) is 13.0 Å². The number of imidazole rings is 1. The molecule has 2 aromatic carbocycles. The molecule has 23 heavy (non-hydrogen) atoms. The maximum atomic E-state index is 4.76. The van der Waals surface area contributed by atoms with Crippen LogP contribution in [0.2, 0.25) is 0 Å². The zero-order chi connectivity index (χ0) is 16.2. The van der Waals surface area contributed by atoms with E-state index in [1.807, 2.05) is 0 Å². The van der Waals surface area contributed by atoms with Crippen molar-refractivity contribution in [2.24, 2.45) is 0 Å². The summed E-state index contributed by atoms with van der Waals surface area (Å²) in [5.74, 6) is 1.18. The van der Waals surface area contributed by atoms with Crippen LogP contribution in [-0.4, -0.2) is 16.1 Å². The van der Waals surface area contributed by atoms with Gasteiger partial charge in [-0.3, -0.25) is 0 Å². The molecule has 0 aliphatic rings. The van der Waals surface area contributed by atoms with Crippen LogP contribution < -0.4 is 5.32 Å². The van der Waals surface area contributed by atoms with E-state index in [1.54, 1.807) is 0 Å². The molecule has 0 aliphatic carbocycles. The molecular weight excluding hydrogens is 282 g/mol. The standard InChI is InChI=1S/C20H25N3/c1-4-20-22-18-11-8-16(3)14-19(18)23(20)13-5-12-21-17-9-6-15(2)7-10-17/h6-11,14,21H,4-5,12-13H2,1-3H3. The highest BCUT2D eigenvalue weighted by molar-refractivity contribution is 5.76. The molecule has 0 aliphatic heterocycles. The number of aromatic nitrogens is 2. The number of hydrogen-bond donors (Lipinski definition) is 1. The maximum absolute atomic E-state index is 4.76. The molecule has 0 saturated carbocycles. The lowest BCUT2D eigenvalue weighted by atomic mass is 10.2. The second kappa shape index (κ2) is 6.86. The largest absolute Gasteiger partial charge is 0.385 e. The summed E-state index contributed by atoms with van der Waals surface area (Å²) < 4.78 is 2.37. The Kier molecular flexibility index (Phi) is 4.65. The van der Waals surface area contributed by atoms with Crippen LogP contribution in [0.3, 0.4) is 0 Å². The molecule has 1 heterocycles. The summed E-state index contributed by atoms with van der Waals surface area (Å²) >= 11 is 0. The Labute approximate surface area is 138 Å². The molecule has 0 amide bonds. The number of hydrogen-bond acceptors (Lipinski definition) is 2. The van der Waals surface area contributed by atoms with Gasteiger partial charge >= 0.3 is 0 Å². The molecular formula is C20H25N3. The molecule has 120 valence electrons. The Hall–Kier alpha value is -2.29. The first-order valence-electron chi connectivity index (χ1n) is 8.43. The van der Waals surface area contributed by atoms with Gasteiger partial charge in [0, 0.05) is 25.2 Å². The van der Waals surface area contributed by atoms with E-state index >= 15 is 0 Å². The summed E-state index contributed by atoms with van der Waals surface area (Å²) in [6, 6.07) is 15.1. The first kappa shape index (κ1) is 15.6. The average molecular weight is 307 g/mol. The van der Waals surface area contributed by atoms with Crippen LogP contribution in [0.5, 0.6) is 0 Å². The lowest BCUT2D eigenvalue weighted by Gasteiger charge is -2.10. The first-order valence-corrected chi connectivity index (χ1v) is 8.43. The molecule has 3 aromatic rings. The van der Waals surface area contributed by atoms with E-state index in [2.05, 4.69) is 73.1 Å². The number of anilines is 1. The molecule has 3 heteroatoms. The van der Waals surface area contributed by atoms with Gasteiger partial charge in [0.1, 0.15) is 5.82 Å². The molecule has 1 aromatic heterocycles. The van der Waals surface area contributed by atoms with Gasteiger partial charge in [0.15, 0.2) is 0 Å². The zero-order valence-corrected chi connectivity index (χ0v) is 14.3. The van der Waals surface area contributed by atoms with Gasteiger partial charge < -0.3 is 9.88 Å². The van der Waals surface area contributed by atoms with Crippen LogP contribution in [0, 0.1) is 13.8 Å². The van der Waals surface area contributed by atoms with E-state index in [-0.39, 0.29) is 0 Å². The van der Waals surface area contributed by atoms with Crippen LogP contribution in [0.15, 0.2) is 42.5 Å². The minimum Gasteiger partial charge on any atom is -0.385 e. The lowest BCUT2D eigenvalue weighted by molar-refractivity contribution is 0.645. The van der Waals surface area contributed by atoms with Crippen molar-refractivity contribution in [3.05, 3.63) is 59.4 Å². The second-order valence-corrected chi connectivity index (χ2v) is 6.17. The van der Waals surface area contributed by atoms with Crippen molar-refractivity contribution in [1.29, 1.82) is 0 Å². The topological polar surface area (TPSA) is 29.9 Å². The van der Waals surface area contributed by atoms with Crippen molar-refractivity contribution in [2.75, 3.05) is 11.9 Å². The predicted molar refractivity (Wildman–Crippen MR) is 98.1 cm³/mol. The fraction of sp³-hybridized carbons (Fsp3) is 0.350. The number of aryl methyl sites for hydroxylation is 4. The summed E-state index contributed by atoms with van der Waals surface area (Å²) in [6.07, 6.45) is 2.05. The third-order valence-corrected chi connectivity index (χ3v) is 4.24. The van der Waals surface area contributed by atoms with Crippen molar-refractivity contribution in [3.8, 4) is 0 Å². The molecule has 1 N–H and O–H groups in total. The summed E-state index contributed by atoms with van der Waals surface area (Å²) in [5, 5.41) is 3.50. The number of nitrogens with one attached hydrogen (secondary N) is 1. The zero-order valence-electron chi connectivity index (χ0n) is 14.3. The van der Waals surface area contributed by atoms with Crippen molar-refractivity contribution >= 4 is 16.7 Å². The summed E-state index contributed by atoms with van der Waals surface area (Å²) in [7, 11) is 0. The molecule has 3 nitrogen and oxygen atoms in total. The number of benzene rings is 2. The normalized spacial score (nSPS) is 11.1. The maximum Gasteiger partial charge on any atom is 0.109 e. The Morgan fingerprint density at radius 1 is 1.00 bits per heavy atom. The molecule has 0 fully saturated rings. The van der Waals surface area contributed by atoms with Crippen LogP contribution >= 0.6 is 0 Å². The van der Waals surface area contributed by atoms with E-state index in [9.17, 15) is 0 Å². The Morgan fingerprint density at radius 2 is 1.74 bits per heavy atom.